The molecule has 0 atom stereocenters. The lowest BCUT2D eigenvalue weighted by Crippen LogP contribution is -2.36. The zero-order chi connectivity index (χ0) is 11.4. The molecule has 0 aliphatic rings. The first kappa shape index (κ1) is 13.9. The molecule has 0 N–H and O–H groups in total. The van der Waals surface area contributed by atoms with Crippen LogP contribution in [0.25, 0.3) is 0 Å². The molecule has 2 heteroatoms. The molecule has 0 saturated carbocycles. The molecule has 14 heavy (non-hydrogen) atoms. The second-order valence-electron chi connectivity index (χ2n) is 5.80. The fourth-order valence-electron chi connectivity index (χ4n) is 1.39. The van der Waals surface area contributed by atoms with E-state index in [-0.39, 0.29) is 11.0 Å². The van der Waals surface area contributed by atoms with Crippen molar-refractivity contribution in [3.05, 3.63) is 0 Å². The second-order valence-corrected chi connectivity index (χ2v) is 5.80. The number of hydrogen-bond donors (Lipinski definition) is 0. The molecule has 0 spiro atoms. The molecule has 0 radical (unpaired) electrons. The van der Waals surface area contributed by atoms with Crippen LogP contribution in [0, 0.1) is 5.41 Å². The van der Waals surface area contributed by atoms with Crippen molar-refractivity contribution in [1.29, 1.82) is 0 Å². The van der Waals surface area contributed by atoms with Crippen LogP contribution in [0.5, 0.6) is 0 Å². The minimum Gasteiger partial charge on any atom is -0.375 e. The monoisotopic (exact) mass is 201 g/mol. The Labute approximate surface area is 89.6 Å². The zero-order valence-electron chi connectivity index (χ0n) is 11.0. The van der Waals surface area contributed by atoms with Gasteiger partial charge in [-0.1, -0.05) is 20.8 Å². The summed E-state index contributed by atoms with van der Waals surface area (Å²) in [5.74, 6) is 0. The Balaban J connectivity index is 3.98. The fourth-order valence-corrected chi connectivity index (χ4v) is 1.39. The highest BCUT2D eigenvalue weighted by atomic mass is 16.5. The predicted molar refractivity (Wildman–Crippen MR) is 62.7 cm³/mol. The summed E-state index contributed by atoms with van der Waals surface area (Å²) in [6.45, 7) is 12.9. The van der Waals surface area contributed by atoms with Gasteiger partial charge in [-0.2, -0.15) is 0 Å². The van der Waals surface area contributed by atoms with E-state index in [4.69, 9.17) is 4.74 Å². The van der Waals surface area contributed by atoms with Gasteiger partial charge in [-0.3, -0.25) is 0 Å². The van der Waals surface area contributed by atoms with Crippen LogP contribution in [-0.4, -0.2) is 37.7 Å². The van der Waals surface area contributed by atoms with Gasteiger partial charge in [0, 0.05) is 12.0 Å². The van der Waals surface area contributed by atoms with Crippen molar-refractivity contribution in [2.45, 2.75) is 46.6 Å². The van der Waals surface area contributed by atoms with Crippen LogP contribution >= 0.6 is 0 Å². The summed E-state index contributed by atoms with van der Waals surface area (Å²) in [6, 6.07) is 0. The maximum Gasteiger partial charge on any atom is 0.0624 e. The average Bonchev–Trinajstić information content (AvgIpc) is 1.99. The summed E-state index contributed by atoms with van der Waals surface area (Å²) in [6.07, 6.45) is 1.06. The van der Waals surface area contributed by atoms with Crippen LogP contribution in [0.2, 0.25) is 0 Å². The summed E-state index contributed by atoms with van der Waals surface area (Å²) >= 11 is 0. The number of hydrogen-bond acceptors (Lipinski definition) is 2. The van der Waals surface area contributed by atoms with E-state index >= 15 is 0 Å². The van der Waals surface area contributed by atoms with Gasteiger partial charge in [-0.15, -0.1) is 0 Å². The molecule has 0 aliphatic heterocycles. The van der Waals surface area contributed by atoms with Crippen molar-refractivity contribution in [2.24, 2.45) is 5.41 Å². The highest BCUT2D eigenvalue weighted by Crippen LogP contribution is 2.22. The zero-order valence-corrected chi connectivity index (χ0v) is 11.0. The molecule has 2 nitrogen and oxygen atoms in total. The lowest BCUT2D eigenvalue weighted by Gasteiger charge is -2.33. The maximum atomic E-state index is 5.92. The highest BCUT2D eigenvalue weighted by Gasteiger charge is 2.24. The predicted octanol–water partition coefficient (Wildman–Crippen LogP) is 2.78. The van der Waals surface area contributed by atoms with Gasteiger partial charge in [0.05, 0.1) is 12.2 Å². The van der Waals surface area contributed by atoms with Gasteiger partial charge in [-0.25, -0.2) is 0 Å². The number of nitrogens with zero attached hydrogens (tertiary/aromatic N) is 1. The molecule has 0 fully saturated rings. The van der Waals surface area contributed by atoms with Crippen LogP contribution in [0.1, 0.15) is 41.0 Å². The van der Waals surface area contributed by atoms with E-state index in [1.54, 1.807) is 0 Å². The van der Waals surface area contributed by atoms with Crippen LogP contribution in [0.15, 0.2) is 0 Å². The molecule has 0 aromatic carbocycles. The Morgan fingerprint density at radius 3 is 1.93 bits per heavy atom. The molecule has 0 heterocycles. The lowest BCUT2D eigenvalue weighted by atomic mass is 9.93. The molecule has 0 aromatic rings. The normalized spacial score (nSPS) is 13.7. The van der Waals surface area contributed by atoms with Gasteiger partial charge in [-0.05, 0) is 34.4 Å². The summed E-state index contributed by atoms with van der Waals surface area (Å²) in [7, 11) is 4.21. The molecular formula is C12H27NO. The van der Waals surface area contributed by atoms with Crippen molar-refractivity contribution in [2.75, 3.05) is 27.2 Å². The maximum absolute atomic E-state index is 5.92. The Hall–Kier alpha value is -0.0800. The molecule has 86 valence electrons. The van der Waals surface area contributed by atoms with Gasteiger partial charge in [0.2, 0.25) is 0 Å². The largest absolute Gasteiger partial charge is 0.375 e. The molecule has 0 rings (SSSR count). The standard InChI is InChI=1S/C12H27NO/c1-8-12(4,5)14-10-11(2,3)9-13(6)7/h8-10H2,1-7H3. The van der Waals surface area contributed by atoms with E-state index in [1.807, 2.05) is 0 Å². The van der Waals surface area contributed by atoms with E-state index < -0.39 is 0 Å². The third kappa shape index (κ3) is 6.39. The topological polar surface area (TPSA) is 12.5 Å². The van der Waals surface area contributed by atoms with E-state index in [0.29, 0.717) is 0 Å². The SMILES string of the molecule is CCC(C)(C)OCC(C)(C)CN(C)C. The van der Waals surface area contributed by atoms with Crippen LogP contribution in [0.3, 0.4) is 0 Å². The Bertz CT molecular complexity index is 162. The molecule has 0 unspecified atom stereocenters. The highest BCUT2D eigenvalue weighted by molar-refractivity contribution is 4.74. The van der Waals surface area contributed by atoms with Gasteiger partial charge >= 0.3 is 0 Å². The molecule has 0 saturated heterocycles. The first-order chi connectivity index (χ1) is 6.18. The summed E-state index contributed by atoms with van der Waals surface area (Å²) in [5, 5.41) is 0. The van der Waals surface area contributed by atoms with Gasteiger partial charge in [0.1, 0.15) is 0 Å². The van der Waals surface area contributed by atoms with Gasteiger partial charge in [0.15, 0.2) is 0 Å². The Kier molecular flexibility index (Phi) is 5.10. The Morgan fingerprint density at radius 1 is 1.07 bits per heavy atom. The van der Waals surface area contributed by atoms with Crippen LogP contribution in [0.4, 0.5) is 0 Å². The minimum atomic E-state index is 0.0174. The fraction of sp³-hybridized carbons (Fsp3) is 1.00. The lowest BCUT2D eigenvalue weighted by molar-refractivity contribution is -0.0608. The van der Waals surface area contributed by atoms with E-state index in [1.165, 1.54) is 0 Å². The number of ether oxygens (including phenoxy) is 1. The Morgan fingerprint density at radius 2 is 1.57 bits per heavy atom. The molecule has 0 aliphatic carbocycles. The molecule has 0 bridgehead atoms. The van der Waals surface area contributed by atoms with Crippen LogP contribution in [-0.2, 0) is 4.74 Å². The van der Waals surface area contributed by atoms with E-state index in [9.17, 15) is 0 Å². The van der Waals surface area contributed by atoms with Crippen LogP contribution < -0.4 is 0 Å². The van der Waals surface area contributed by atoms with Gasteiger partial charge in [0.25, 0.3) is 0 Å². The van der Waals surface area contributed by atoms with Gasteiger partial charge < -0.3 is 9.64 Å². The third-order valence-corrected chi connectivity index (χ3v) is 2.45. The first-order valence-electron chi connectivity index (χ1n) is 5.47. The summed E-state index contributed by atoms with van der Waals surface area (Å²) < 4.78 is 5.92. The molecule has 0 amide bonds. The van der Waals surface area contributed by atoms with Crippen molar-refractivity contribution in [1.82, 2.24) is 4.90 Å². The van der Waals surface area contributed by atoms with Crippen molar-refractivity contribution < 1.29 is 4.74 Å². The van der Waals surface area contributed by atoms with E-state index in [2.05, 4.69) is 53.6 Å². The third-order valence-electron chi connectivity index (χ3n) is 2.45. The summed E-state index contributed by atoms with van der Waals surface area (Å²) in [4.78, 5) is 2.21. The first-order valence-corrected chi connectivity index (χ1v) is 5.47. The smallest absolute Gasteiger partial charge is 0.0624 e. The number of rotatable bonds is 6. The minimum absolute atomic E-state index is 0.0174. The van der Waals surface area contributed by atoms with Crippen molar-refractivity contribution in [3.63, 3.8) is 0 Å². The van der Waals surface area contributed by atoms with Crippen molar-refractivity contribution in [3.8, 4) is 0 Å². The van der Waals surface area contributed by atoms with E-state index in [0.717, 1.165) is 19.6 Å². The average molecular weight is 201 g/mol. The van der Waals surface area contributed by atoms with Crippen molar-refractivity contribution >= 4 is 0 Å². The molecule has 0 aromatic heterocycles. The quantitative estimate of drug-likeness (QED) is 0.655. The summed E-state index contributed by atoms with van der Waals surface area (Å²) in [5.41, 5.74) is 0.250. The molecular weight excluding hydrogens is 174 g/mol. The second kappa shape index (κ2) is 5.13.